The van der Waals surface area contributed by atoms with E-state index in [0.29, 0.717) is 17.3 Å². The number of nitrogens with zero attached hydrogens (tertiary/aromatic N) is 1. The minimum absolute atomic E-state index is 0.222. The number of hydrogen-bond donors (Lipinski definition) is 2. The maximum atomic E-state index is 12.1. The lowest BCUT2D eigenvalue weighted by molar-refractivity contribution is 0.242. The summed E-state index contributed by atoms with van der Waals surface area (Å²) in [6.07, 6.45) is 0.879. The van der Waals surface area contributed by atoms with Gasteiger partial charge >= 0.3 is 6.03 Å². The average molecular weight is 346 g/mol. The van der Waals surface area contributed by atoms with Gasteiger partial charge in [-0.15, -0.1) is 0 Å². The van der Waals surface area contributed by atoms with Gasteiger partial charge in [-0.1, -0.05) is 48.0 Å². The van der Waals surface area contributed by atoms with Crippen molar-refractivity contribution in [2.75, 3.05) is 26.0 Å². The number of hydrogen-bond acceptors (Lipinski definition) is 2. The smallest absolute Gasteiger partial charge is 0.319 e. The zero-order valence-electron chi connectivity index (χ0n) is 14.3. The van der Waals surface area contributed by atoms with Gasteiger partial charge in [0, 0.05) is 23.3 Å². The van der Waals surface area contributed by atoms with Crippen LogP contribution in [0.5, 0.6) is 0 Å². The molecule has 0 aliphatic heterocycles. The first kappa shape index (κ1) is 18.3. The van der Waals surface area contributed by atoms with Crippen LogP contribution in [0.4, 0.5) is 10.5 Å². The lowest BCUT2D eigenvalue weighted by atomic mass is 10.1. The van der Waals surface area contributed by atoms with Crippen LogP contribution in [0.2, 0.25) is 5.02 Å². The summed E-state index contributed by atoms with van der Waals surface area (Å²) in [6.45, 7) is 2.49. The predicted octanol–water partition coefficient (Wildman–Crippen LogP) is 3.94. The highest BCUT2D eigenvalue weighted by Crippen LogP contribution is 2.19. The van der Waals surface area contributed by atoms with Crippen molar-refractivity contribution in [3.05, 3.63) is 64.7 Å². The summed E-state index contributed by atoms with van der Waals surface area (Å²) in [5.74, 6) is 0. The summed E-state index contributed by atoms with van der Waals surface area (Å²) in [6, 6.07) is 15.7. The molecule has 0 aliphatic rings. The number of urea groups is 1. The Labute approximate surface area is 148 Å². The van der Waals surface area contributed by atoms with Crippen LogP contribution in [-0.4, -0.2) is 37.6 Å². The molecule has 4 nitrogen and oxygen atoms in total. The fourth-order valence-electron chi connectivity index (χ4n) is 2.38. The zero-order valence-corrected chi connectivity index (χ0v) is 15.1. The lowest BCUT2D eigenvalue weighted by Gasteiger charge is -2.25. The molecule has 0 heterocycles. The van der Waals surface area contributed by atoms with Crippen molar-refractivity contribution in [1.29, 1.82) is 0 Å². The Morgan fingerprint density at radius 3 is 2.50 bits per heavy atom. The highest BCUT2D eigenvalue weighted by molar-refractivity contribution is 6.31. The van der Waals surface area contributed by atoms with Gasteiger partial charge in [-0.25, -0.2) is 4.79 Å². The molecule has 0 aromatic heterocycles. The van der Waals surface area contributed by atoms with Crippen LogP contribution < -0.4 is 10.6 Å². The Bertz CT molecular complexity index is 674. The van der Waals surface area contributed by atoms with Crippen molar-refractivity contribution in [1.82, 2.24) is 10.2 Å². The third-order valence-corrected chi connectivity index (χ3v) is 4.38. The molecular weight excluding hydrogens is 322 g/mol. The van der Waals surface area contributed by atoms with Crippen LogP contribution in [0.1, 0.15) is 11.1 Å². The van der Waals surface area contributed by atoms with E-state index in [0.717, 1.165) is 12.0 Å². The monoisotopic (exact) mass is 345 g/mol. The number of halogens is 1. The molecule has 0 spiro atoms. The topological polar surface area (TPSA) is 44.4 Å². The zero-order chi connectivity index (χ0) is 17.5. The van der Waals surface area contributed by atoms with E-state index in [9.17, 15) is 4.79 Å². The fraction of sp³-hybridized carbons (Fsp3) is 0.316. The molecule has 2 amide bonds. The summed E-state index contributed by atoms with van der Waals surface area (Å²) in [7, 11) is 4.04. The molecule has 0 bridgehead atoms. The van der Waals surface area contributed by atoms with Crippen molar-refractivity contribution >= 4 is 23.3 Å². The number of rotatable bonds is 6. The summed E-state index contributed by atoms with van der Waals surface area (Å²) in [4.78, 5) is 14.2. The summed E-state index contributed by atoms with van der Waals surface area (Å²) in [5, 5.41) is 6.39. The summed E-state index contributed by atoms with van der Waals surface area (Å²) in [5.41, 5.74) is 2.93. The molecule has 1 atom stereocenters. The standard InChI is InChI=1S/C19H24ClN3O/c1-14-9-10-16(12-18(14)20)22-19(24)21-13-17(23(2)3)11-15-7-5-4-6-8-15/h4-10,12,17H,11,13H2,1-3H3,(H2,21,22,24)/t17-/m1/s1. The largest absolute Gasteiger partial charge is 0.336 e. The maximum Gasteiger partial charge on any atom is 0.319 e. The molecule has 2 rings (SSSR count). The highest BCUT2D eigenvalue weighted by Gasteiger charge is 2.14. The third kappa shape index (κ3) is 5.55. The van der Waals surface area contributed by atoms with Crippen LogP contribution in [-0.2, 0) is 6.42 Å². The number of carbonyl (C=O) groups is 1. The Morgan fingerprint density at radius 1 is 1.17 bits per heavy atom. The number of nitrogens with one attached hydrogen (secondary N) is 2. The van der Waals surface area contributed by atoms with Crippen LogP contribution in [0.15, 0.2) is 48.5 Å². The summed E-state index contributed by atoms with van der Waals surface area (Å²) < 4.78 is 0. The molecule has 24 heavy (non-hydrogen) atoms. The molecule has 0 aliphatic carbocycles. The van der Waals surface area contributed by atoms with Gasteiger partial charge in [0.1, 0.15) is 0 Å². The molecule has 2 N–H and O–H groups in total. The minimum atomic E-state index is -0.227. The van der Waals surface area contributed by atoms with Gasteiger partial charge < -0.3 is 15.5 Å². The number of likely N-dealkylation sites (N-methyl/N-ethyl adjacent to an activating group) is 1. The van der Waals surface area contributed by atoms with Gasteiger partial charge in [-0.3, -0.25) is 0 Å². The van der Waals surface area contributed by atoms with Gasteiger partial charge in [0.05, 0.1) is 0 Å². The summed E-state index contributed by atoms with van der Waals surface area (Å²) >= 11 is 6.08. The Hall–Kier alpha value is -2.04. The second-order valence-corrected chi connectivity index (χ2v) is 6.51. The normalized spacial score (nSPS) is 12.0. The van der Waals surface area contributed by atoms with E-state index in [4.69, 9.17) is 11.6 Å². The van der Waals surface area contributed by atoms with Crippen LogP contribution in [0.3, 0.4) is 0 Å². The number of amides is 2. The van der Waals surface area contributed by atoms with Crippen molar-refractivity contribution in [2.24, 2.45) is 0 Å². The molecule has 2 aromatic carbocycles. The first-order valence-electron chi connectivity index (χ1n) is 7.97. The van der Waals surface area contributed by atoms with E-state index in [1.165, 1.54) is 5.56 Å². The molecule has 0 radical (unpaired) electrons. The molecule has 0 saturated heterocycles. The molecule has 0 saturated carbocycles. The van der Waals surface area contributed by atoms with E-state index < -0.39 is 0 Å². The van der Waals surface area contributed by atoms with E-state index in [1.807, 2.05) is 51.4 Å². The highest BCUT2D eigenvalue weighted by atomic mass is 35.5. The quantitative estimate of drug-likeness (QED) is 0.832. The van der Waals surface area contributed by atoms with Gasteiger partial charge in [0.2, 0.25) is 0 Å². The van der Waals surface area contributed by atoms with Crippen LogP contribution in [0.25, 0.3) is 0 Å². The average Bonchev–Trinajstić information content (AvgIpc) is 2.55. The second kappa shape index (κ2) is 8.71. The molecule has 5 heteroatoms. The van der Waals surface area contributed by atoms with Gasteiger partial charge in [-0.2, -0.15) is 0 Å². The fourth-order valence-corrected chi connectivity index (χ4v) is 2.56. The number of benzene rings is 2. The number of carbonyl (C=O) groups excluding carboxylic acids is 1. The molecule has 0 unspecified atom stereocenters. The molecule has 128 valence electrons. The Morgan fingerprint density at radius 2 is 1.88 bits per heavy atom. The molecule has 2 aromatic rings. The number of anilines is 1. The second-order valence-electron chi connectivity index (χ2n) is 6.11. The molecular formula is C19H24ClN3O. The molecule has 0 fully saturated rings. The Balaban J connectivity index is 1.89. The lowest BCUT2D eigenvalue weighted by Crippen LogP contribution is -2.43. The SMILES string of the molecule is Cc1ccc(NC(=O)NC[C@@H](Cc2ccccc2)N(C)C)cc1Cl. The van der Waals surface area contributed by atoms with E-state index in [1.54, 1.807) is 6.07 Å². The number of aryl methyl sites for hydroxylation is 1. The van der Waals surface area contributed by atoms with Crippen molar-refractivity contribution in [3.63, 3.8) is 0 Å². The first-order valence-corrected chi connectivity index (χ1v) is 8.35. The van der Waals surface area contributed by atoms with Gasteiger partial charge in [-0.05, 0) is 50.7 Å². The Kier molecular flexibility index (Phi) is 6.64. The van der Waals surface area contributed by atoms with E-state index in [2.05, 4.69) is 27.7 Å². The van der Waals surface area contributed by atoms with E-state index >= 15 is 0 Å². The predicted molar refractivity (Wildman–Crippen MR) is 101 cm³/mol. The maximum absolute atomic E-state index is 12.1. The van der Waals surface area contributed by atoms with Crippen molar-refractivity contribution in [3.8, 4) is 0 Å². The van der Waals surface area contributed by atoms with Crippen molar-refractivity contribution < 1.29 is 4.79 Å². The van der Waals surface area contributed by atoms with Gasteiger partial charge in [0.25, 0.3) is 0 Å². The van der Waals surface area contributed by atoms with Crippen LogP contribution >= 0.6 is 11.6 Å². The van der Waals surface area contributed by atoms with E-state index in [-0.39, 0.29) is 12.1 Å². The first-order chi connectivity index (χ1) is 11.5. The third-order valence-electron chi connectivity index (χ3n) is 3.97. The minimum Gasteiger partial charge on any atom is -0.336 e. The van der Waals surface area contributed by atoms with Crippen LogP contribution in [0, 0.1) is 6.92 Å². The van der Waals surface area contributed by atoms with Crippen molar-refractivity contribution in [2.45, 2.75) is 19.4 Å². The van der Waals surface area contributed by atoms with Gasteiger partial charge in [0.15, 0.2) is 0 Å².